The smallest absolute Gasteiger partial charge is 0.122 e. The minimum atomic E-state index is 0.185. The Labute approximate surface area is 96.3 Å². The van der Waals surface area contributed by atoms with Gasteiger partial charge in [0, 0.05) is 25.0 Å². The van der Waals surface area contributed by atoms with Gasteiger partial charge in [0.15, 0.2) is 0 Å². The van der Waals surface area contributed by atoms with E-state index in [0.29, 0.717) is 6.04 Å². The van der Waals surface area contributed by atoms with E-state index in [-0.39, 0.29) is 5.92 Å². The summed E-state index contributed by atoms with van der Waals surface area (Å²) >= 11 is 0. The summed E-state index contributed by atoms with van der Waals surface area (Å²) in [6, 6.07) is 2.74. The van der Waals surface area contributed by atoms with E-state index in [1.165, 1.54) is 0 Å². The van der Waals surface area contributed by atoms with Crippen LogP contribution >= 0.6 is 0 Å². The van der Waals surface area contributed by atoms with E-state index in [1.807, 2.05) is 12.4 Å². The van der Waals surface area contributed by atoms with Crippen molar-refractivity contribution in [1.82, 2.24) is 14.9 Å². The third kappa shape index (κ3) is 2.25. The van der Waals surface area contributed by atoms with Crippen LogP contribution in [0.2, 0.25) is 0 Å². The number of imidazole rings is 1. The van der Waals surface area contributed by atoms with Gasteiger partial charge in [0.25, 0.3) is 0 Å². The van der Waals surface area contributed by atoms with Crippen LogP contribution in [0.4, 0.5) is 0 Å². The Kier molecular flexibility index (Phi) is 3.58. The van der Waals surface area contributed by atoms with Gasteiger partial charge in [0.2, 0.25) is 0 Å². The number of aryl methyl sites for hydroxylation is 1. The van der Waals surface area contributed by atoms with E-state index in [2.05, 4.69) is 27.9 Å². The summed E-state index contributed by atoms with van der Waals surface area (Å²) in [7, 11) is 0. The molecule has 0 bridgehead atoms. The molecule has 2 rings (SSSR count). The molecule has 1 aliphatic rings. The second-order valence-corrected chi connectivity index (χ2v) is 4.28. The molecule has 0 saturated heterocycles. The van der Waals surface area contributed by atoms with Crippen molar-refractivity contribution in [1.29, 1.82) is 5.26 Å². The minimum Gasteiger partial charge on any atom is -0.334 e. The van der Waals surface area contributed by atoms with Crippen LogP contribution in [0.3, 0.4) is 0 Å². The summed E-state index contributed by atoms with van der Waals surface area (Å²) in [4.78, 5) is 4.32. The van der Waals surface area contributed by atoms with Gasteiger partial charge >= 0.3 is 0 Å². The Bertz CT molecular complexity index is 377. The normalized spacial score (nSPS) is 24.5. The number of aromatic nitrogens is 2. The number of rotatable bonds is 4. The van der Waals surface area contributed by atoms with E-state index in [1.54, 1.807) is 0 Å². The van der Waals surface area contributed by atoms with Crippen molar-refractivity contribution in [2.24, 2.45) is 5.92 Å². The molecule has 1 fully saturated rings. The fraction of sp³-hybridized carbons (Fsp3) is 0.667. The van der Waals surface area contributed by atoms with E-state index in [9.17, 15) is 0 Å². The third-order valence-corrected chi connectivity index (χ3v) is 3.35. The average molecular weight is 218 g/mol. The number of nitriles is 1. The quantitative estimate of drug-likeness (QED) is 0.836. The number of nitrogens with zero attached hydrogens (tertiary/aromatic N) is 3. The van der Waals surface area contributed by atoms with Crippen molar-refractivity contribution < 1.29 is 0 Å². The third-order valence-electron chi connectivity index (χ3n) is 3.35. The molecule has 2 atom stereocenters. The van der Waals surface area contributed by atoms with Gasteiger partial charge in [-0.2, -0.15) is 5.26 Å². The van der Waals surface area contributed by atoms with Gasteiger partial charge < -0.3 is 9.88 Å². The molecule has 1 aromatic heterocycles. The zero-order chi connectivity index (χ0) is 11.4. The lowest BCUT2D eigenvalue weighted by atomic mass is 10.1. The van der Waals surface area contributed by atoms with Crippen LogP contribution in [0, 0.1) is 17.2 Å². The summed E-state index contributed by atoms with van der Waals surface area (Å²) in [5.74, 6) is 1.25. The second-order valence-electron chi connectivity index (χ2n) is 4.28. The van der Waals surface area contributed by atoms with Crippen molar-refractivity contribution in [3.63, 3.8) is 0 Å². The molecular weight excluding hydrogens is 200 g/mol. The number of hydrogen-bond donors (Lipinski definition) is 1. The molecule has 4 heteroatoms. The Balaban J connectivity index is 1.90. The van der Waals surface area contributed by atoms with Crippen LogP contribution < -0.4 is 5.32 Å². The Morgan fingerprint density at radius 1 is 1.62 bits per heavy atom. The van der Waals surface area contributed by atoms with Crippen LogP contribution in [0.25, 0.3) is 0 Å². The van der Waals surface area contributed by atoms with Crippen LogP contribution in [0.15, 0.2) is 12.4 Å². The number of nitrogens with one attached hydrogen (secondary N) is 1. The summed E-state index contributed by atoms with van der Waals surface area (Å²) in [5.41, 5.74) is 0. The summed E-state index contributed by atoms with van der Waals surface area (Å²) < 4.78 is 2.13. The van der Waals surface area contributed by atoms with Crippen molar-refractivity contribution in [2.45, 2.75) is 45.3 Å². The molecule has 1 aromatic rings. The Morgan fingerprint density at radius 2 is 2.50 bits per heavy atom. The van der Waals surface area contributed by atoms with Gasteiger partial charge in [-0.15, -0.1) is 0 Å². The molecule has 4 nitrogen and oxygen atoms in total. The molecule has 0 aromatic carbocycles. The maximum absolute atomic E-state index is 8.98. The van der Waals surface area contributed by atoms with E-state index < -0.39 is 0 Å². The lowest BCUT2D eigenvalue weighted by Crippen LogP contribution is -2.32. The number of hydrogen-bond acceptors (Lipinski definition) is 3. The van der Waals surface area contributed by atoms with Gasteiger partial charge in [-0.3, -0.25) is 0 Å². The first-order valence-corrected chi connectivity index (χ1v) is 5.98. The molecule has 1 aliphatic carbocycles. The van der Waals surface area contributed by atoms with Crippen LogP contribution in [0.1, 0.15) is 32.0 Å². The average Bonchev–Trinajstić information content (AvgIpc) is 2.94. The summed E-state index contributed by atoms with van der Waals surface area (Å²) in [5, 5.41) is 12.4. The van der Waals surface area contributed by atoms with Gasteiger partial charge in [-0.1, -0.05) is 6.42 Å². The summed E-state index contributed by atoms with van der Waals surface area (Å²) in [6.07, 6.45) is 7.14. The lowest BCUT2D eigenvalue weighted by Gasteiger charge is -2.15. The first kappa shape index (κ1) is 11.2. The zero-order valence-electron chi connectivity index (χ0n) is 9.69. The molecule has 0 aliphatic heterocycles. The Morgan fingerprint density at radius 3 is 3.25 bits per heavy atom. The molecule has 1 heterocycles. The molecule has 2 unspecified atom stereocenters. The fourth-order valence-electron chi connectivity index (χ4n) is 2.38. The lowest BCUT2D eigenvalue weighted by molar-refractivity contribution is 0.451. The van der Waals surface area contributed by atoms with Crippen LogP contribution in [-0.4, -0.2) is 15.6 Å². The van der Waals surface area contributed by atoms with Gasteiger partial charge in [-0.05, 0) is 19.8 Å². The van der Waals surface area contributed by atoms with Gasteiger partial charge in [-0.25, -0.2) is 4.98 Å². The highest BCUT2D eigenvalue weighted by molar-refractivity contribution is 4.98. The molecule has 0 spiro atoms. The predicted molar refractivity (Wildman–Crippen MR) is 61.5 cm³/mol. The second kappa shape index (κ2) is 5.13. The molecule has 1 N–H and O–H groups in total. The van der Waals surface area contributed by atoms with Crippen LogP contribution in [-0.2, 0) is 13.1 Å². The SMILES string of the molecule is CCn1ccnc1CNC1CCCC1C#N. The molecule has 16 heavy (non-hydrogen) atoms. The molecular formula is C12H18N4. The molecule has 86 valence electrons. The van der Waals surface area contributed by atoms with E-state index in [4.69, 9.17) is 5.26 Å². The standard InChI is InChI=1S/C12H18N4/c1-2-16-7-6-14-12(16)9-15-11-5-3-4-10(11)8-13/h6-7,10-11,15H,2-5,9H2,1H3. The highest BCUT2D eigenvalue weighted by atomic mass is 15.1. The van der Waals surface area contributed by atoms with Gasteiger partial charge in [0.05, 0.1) is 18.5 Å². The maximum Gasteiger partial charge on any atom is 0.122 e. The highest BCUT2D eigenvalue weighted by Gasteiger charge is 2.26. The topological polar surface area (TPSA) is 53.6 Å². The monoisotopic (exact) mass is 218 g/mol. The maximum atomic E-state index is 8.98. The molecule has 1 saturated carbocycles. The fourth-order valence-corrected chi connectivity index (χ4v) is 2.38. The predicted octanol–water partition coefficient (Wildman–Crippen LogP) is 1.68. The zero-order valence-corrected chi connectivity index (χ0v) is 9.69. The van der Waals surface area contributed by atoms with E-state index in [0.717, 1.165) is 38.2 Å². The Hall–Kier alpha value is -1.34. The minimum absolute atomic E-state index is 0.185. The van der Waals surface area contributed by atoms with Crippen LogP contribution in [0.5, 0.6) is 0 Å². The van der Waals surface area contributed by atoms with Gasteiger partial charge in [0.1, 0.15) is 5.82 Å². The largest absolute Gasteiger partial charge is 0.334 e. The van der Waals surface area contributed by atoms with Crippen molar-refractivity contribution in [3.05, 3.63) is 18.2 Å². The molecule has 0 amide bonds. The van der Waals surface area contributed by atoms with E-state index >= 15 is 0 Å². The first-order chi connectivity index (χ1) is 7.85. The van der Waals surface area contributed by atoms with Crippen molar-refractivity contribution in [3.8, 4) is 6.07 Å². The van der Waals surface area contributed by atoms with Crippen molar-refractivity contribution >= 4 is 0 Å². The summed E-state index contributed by atoms with van der Waals surface area (Å²) in [6.45, 7) is 3.83. The first-order valence-electron chi connectivity index (χ1n) is 5.98. The van der Waals surface area contributed by atoms with Crippen molar-refractivity contribution in [2.75, 3.05) is 0 Å². The highest BCUT2D eigenvalue weighted by Crippen LogP contribution is 2.24. The molecule has 0 radical (unpaired) electrons.